The molecule has 2 fully saturated rings. The molecule has 2 aromatic rings. The zero-order chi connectivity index (χ0) is 19.1. The Hall–Kier alpha value is -2.54. The van der Waals surface area contributed by atoms with Crippen molar-refractivity contribution in [2.75, 3.05) is 31.1 Å². The van der Waals surface area contributed by atoms with Gasteiger partial charge < -0.3 is 10.2 Å². The lowest BCUT2D eigenvalue weighted by atomic mass is 9.96. The van der Waals surface area contributed by atoms with Crippen molar-refractivity contribution in [2.24, 2.45) is 0 Å². The Bertz CT molecular complexity index is 880. The number of nitrogens with zero attached hydrogens (tertiary/aromatic N) is 5. The van der Waals surface area contributed by atoms with Crippen LogP contribution in [0.4, 0.5) is 5.82 Å². The predicted molar refractivity (Wildman–Crippen MR) is 107 cm³/mol. The van der Waals surface area contributed by atoms with Gasteiger partial charge in [-0.1, -0.05) is 6.42 Å². The third-order valence-electron chi connectivity index (χ3n) is 6.27. The Labute approximate surface area is 165 Å². The number of pyridine rings is 1. The van der Waals surface area contributed by atoms with E-state index in [-0.39, 0.29) is 5.91 Å². The summed E-state index contributed by atoms with van der Waals surface area (Å²) in [7, 11) is 0. The van der Waals surface area contributed by atoms with Crippen LogP contribution in [0.3, 0.4) is 0 Å². The number of nitrogens with one attached hydrogen (secondary N) is 1. The standard InChI is InChI=1S/C21H26N6O/c1-14-5-2-3-10-27(14)16-12-26(13-16)20-17-7-9-23-21(28)18(17)24-19(25-20)15-6-4-8-22-11-15/h4,6,8,11,14,16H,2-3,5,7,9-10,12-13H2,1H3,(H,23,28). The van der Waals surface area contributed by atoms with Crippen LogP contribution in [0.25, 0.3) is 11.4 Å². The Morgan fingerprint density at radius 2 is 2.11 bits per heavy atom. The number of fused-ring (bicyclic) bond motifs is 1. The average Bonchev–Trinajstić information content (AvgIpc) is 2.69. The predicted octanol–water partition coefficient (Wildman–Crippen LogP) is 1.89. The zero-order valence-corrected chi connectivity index (χ0v) is 16.3. The van der Waals surface area contributed by atoms with Crippen LogP contribution >= 0.6 is 0 Å². The van der Waals surface area contributed by atoms with Gasteiger partial charge in [-0.25, -0.2) is 9.97 Å². The summed E-state index contributed by atoms with van der Waals surface area (Å²) in [4.78, 5) is 31.1. The van der Waals surface area contributed by atoms with E-state index in [1.807, 2.05) is 12.1 Å². The van der Waals surface area contributed by atoms with Crippen LogP contribution < -0.4 is 10.2 Å². The van der Waals surface area contributed by atoms with Gasteiger partial charge in [0.05, 0.1) is 0 Å². The van der Waals surface area contributed by atoms with Gasteiger partial charge in [0.2, 0.25) is 0 Å². The van der Waals surface area contributed by atoms with Crippen molar-refractivity contribution in [3.8, 4) is 11.4 Å². The monoisotopic (exact) mass is 378 g/mol. The fraction of sp³-hybridized carbons (Fsp3) is 0.524. The van der Waals surface area contributed by atoms with E-state index in [2.05, 4.69) is 32.0 Å². The van der Waals surface area contributed by atoms with E-state index in [9.17, 15) is 4.79 Å². The van der Waals surface area contributed by atoms with Crippen molar-refractivity contribution >= 4 is 11.7 Å². The SMILES string of the molecule is CC1CCCCN1C1CN(c2nc(-c3cccnc3)nc3c2CCNC3=O)C1. The highest BCUT2D eigenvalue weighted by atomic mass is 16.1. The molecule has 2 aromatic heterocycles. The minimum Gasteiger partial charge on any atom is -0.353 e. The van der Waals surface area contributed by atoms with E-state index in [1.54, 1.807) is 12.4 Å². The lowest BCUT2D eigenvalue weighted by molar-refractivity contribution is 0.0870. The number of carbonyl (C=O) groups excluding carboxylic acids is 1. The molecular formula is C21H26N6O. The third kappa shape index (κ3) is 3.03. The van der Waals surface area contributed by atoms with Crippen LogP contribution in [0.2, 0.25) is 0 Å². The van der Waals surface area contributed by atoms with Gasteiger partial charge in [0.1, 0.15) is 11.5 Å². The highest BCUT2D eigenvalue weighted by molar-refractivity contribution is 5.96. The number of hydrogen-bond donors (Lipinski definition) is 1. The van der Waals surface area contributed by atoms with Crippen LogP contribution in [0.5, 0.6) is 0 Å². The Morgan fingerprint density at radius 1 is 1.21 bits per heavy atom. The molecule has 0 saturated carbocycles. The Balaban J connectivity index is 1.46. The van der Waals surface area contributed by atoms with Gasteiger partial charge in [0, 0.05) is 55.2 Å². The first kappa shape index (κ1) is 17.6. The molecule has 7 heteroatoms. The Morgan fingerprint density at radius 3 is 2.89 bits per heavy atom. The van der Waals surface area contributed by atoms with Crippen LogP contribution in [0.15, 0.2) is 24.5 Å². The van der Waals surface area contributed by atoms with Crippen molar-refractivity contribution in [2.45, 2.75) is 44.7 Å². The first-order valence-electron chi connectivity index (χ1n) is 10.3. The molecule has 0 bridgehead atoms. The van der Waals surface area contributed by atoms with Crippen LogP contribution in [0.1, 0.15) is 42.2 Å². The van der Waals surface area contributed by atoms with E-state index in [1.165, 1.54) is 25.8 Å². The summed E-state index contributed by atoms with van der Waals surface area (Å²) in [6.45, 7) is 6.14. The maximum absolute atomic E-state index is 12.5. The molecule has 5 heterocycles. The normalized spacial score (nSPS) is 23.1. The van der Waals surface area contributed by atoms with Crippen molar-refractivity contribution < 1.29 is 4.79 Å². The van der Waals surface area contributed by atoms with Crippen LogP contribution in [-0.4, -0.2) is 64.0 Å². The van der Waals surface area contributed by atoms with Crippen molar-refractivity contribution in [1.82, 2.24) is 25.2 Å². The van der Waals surface area contributed by atoms with Gasteiger partial charge in [-0.2, -0.15) is 0 Å². The van der Waals surface area contributed by atoms with Gasteiger partial charge in [-0.15, -0.1) is 0 Å². The molecule has 1 atom stereocenters. The molecule has 2 saturated heterocycles. The molecular weight excluding hydrogens is 352 g/mol. The second-order valence-corrected chi connectivity index (χ2v) is 8.09. The second kappa shape index (κ2) is 7.13. The maximum atomic E-state index is 12.5. The van der Waals surface area contributed by atoms with E-state index in [4.69, 9.17) is 4.98 Å². The zero-order valence-electron chi connectivity index (χ0n) is 16.3. The smallest absolute Gasteiger partial charge is 0.270 e. The molecule has 0 spiro atoms. The highest BCUT2D eigenvalue weighted by Gasteiger charge is 2.38. The number of anilines is 1. The fourth-order valence-electron chi connectivity index (χ4n) is 4.66. The largest absolute Gasteiger partial charge is 0.353 e. The van der Waals surface area contributed by atoms with Crippen molar-refractivity contribution in [3.63, 3.8) is 0 Å². The molecule has 7 nitrogen and oxygen atoms in total. The molecule has 0 radical (unpaired) electrons. The van der Waals surface area contributed by atoms with Gasteiger partial charge in [0.15, 0.2) is 5.82 Å². The van der Waals surface area contributed by atoms with Crippen LogP contribution in [0, 0.1) is 0 Å². The van der Waals surface area contributed by atoms with Crippen LogP contribution in [-0.2, 0) is 6.42 Å². The number of carbonyl (C=O) groups is 1. The topological polar surface area (TPSA) is 74.2 Å². The molecule has 3 aliphatic rings. The molecule has 0 aromatic carbocycles. The number of aromatic nitrogens is 3. The van der Waals surface area contributed by atoms with Gasteiger partial charge >= 0.3 is 0 Å². The summed E-state index contributed by atoms with van der Waals surface area (Å²) < 4.78 is 0. The summed E-state index contributed by atoms with van der Waals surface area (Å²) >= 11 is 0. The minimum absolute atomic E-state index is 0.100. The quantitative estimate of drug-likeness (QED) is 0.879. The number of likely N-dealkylation sites (tertiary alicyclic amines) is 1. The summed E-state index contributed by atoms with van der Waals surface area (Å²) in [5.41, 5.74) is 2.35. The molecule has 5 rings (SSSR count). The molecule has 1 N–H and O–H groups in total. The molecule has 146 valence electrons. The third-order valence-corrected chi connectivity index (χ3v) is 6.27. The number of piperidine rings is 1. The van der Waals surface area contributed by atoms with Gasteiger partial charge in [-0.05, 0) is 44.9 Å². The summed E-state index contributed by atoms with van der Waals surface area (Å²) in [6, 6.07) is 5.06. The van der Waals surface area contributed by atoms with E-state index < -0.39 is 0 Å². The summed E-state index contributed by atoms with van der Waals surface area (Å²) in [5, 5.41) is 2.91. The molecule has 28 heavy (non-hydrogen) atoms. The number of rotatable bonds is 3. The lowest BCUT2D eigenvalue weighted by Crippen LogP contribution is -2.63. The van der Waals surface area contributed by atoms with E-state index >= 15 is 0 Å². The lowest BCUT2D eigenvalue weighted by Gasteiger charge is -2.50. The Kier molecular flexibility index (Phi) is 4.47. The number of amides is 1. The second-order valence-electron chi connectivity index (χ2n) is 8.09. The summed E-state index contributed by atoms with van der Waals surface area (Å²) in [5.74, 6) is 1.41. The average molecular weight is 378 g/mol. The molecule has 3 aliphatic heterocycles. The maximum Gasteiger partial charge on any atom is 0.270 e. The van der Waals surface area contributed by atoms with Crippen molar-refractivity contribution in [3.05, 3.63) is 35.8 Å². The summed E-state index contributed by atoms with van der Waals surface area (Å²) in [6.07, 6.45) is 8.21. The van der Waals surface area contributed by atoms with Gasteiger partial charge in [-0.3, -0.25) is 14.7 Å². The minimum atomic E-state index is -0.100. The van der Waals surface area contributed by atoms with Gasteiger partial charge in [0.25, 0.3) is 5.91 Å². The fourth-order valence-corrected chi connectivity index (χ4v) is 4.66. The first-order chi connectivity index (χ1) is 13.7. The highest BCUT2D eigenvalue weighted by Crippen LogP contribution is 2.32. The molecule has 0 aliphatic carbocycles. The van der Waals surface area contributed by atoms with Crippen molar-refractivity contribution in [1.29, 1.82) is 0 Å². The van der Waals surface area contributed by atoms with E-state index in [0.29, 0.717) is 30.1 Å². The first-order valence-corrected chi connectivity index (χ1v) is 10.3. The molecule has 1 unspecified atom stereocenters. The number of hydrogen-bond acceptors (Lipinski definition) is 6. The van der Waals surface area contributed by atoms with E-state index in [0.717, 1.165) is 36.5 Å². The molecule has 1 amide bonds.